The number of hydrogen-bond donors (Lipinski definition) is 2. The van der Waals surface area contributed by atoms with Crippen LogP contribution in [0.2, 0.25) is 0 Å². The first-order chi connectivity index (χ1) is 9.58. The van der Waals surface area contributed by atoms with Crippen molar-refractivity contribution in [1.82, 2.24) is 0 Å². The molecule has 102 valence electrons. The standard InChI is InChI=1S/C14H16BN3O2/c1-18(2)12-8-9-14(13(10-12)15(19)20)17-16-11-6-4-3-5-7-11/h3-10,19-20H,1-2H3. The molecule has 20 heavy (non-hydrogen) atoms. The second kappa shape index (κ2) is 6.32. The molecule has 0 aromatic heterocycles. The Balaban J connectivity index is 2.34. The molecule has 0 heterocycles. The van der Waals surface area contributed by atoms with E-state index in [4.69, 9.17) is 0 Å². The van der Waals surface area contributed by atoms with Crippen molar-refractivity contribution in [2.75, 3.05) is 19.0 Å². The molecule has 2 aromatic carbocycles. The molecule has 0 amide bonds. The van der Waals surface area contributed by atoms with Gasteiger partial charge >= 0.3 is 7.12 Å². The Morgan fingerprint density at radius 3 is 2.25 bits per heavy atom. The van der Waals surface area contributed by atoms with Crippen LogP contribution in [0.1, 0.15) is 0 Å². The summed E-state index contributed by atoms with van der Waals surface area (Å²) in [6, 6.07) is 14.5. The highest BCUT2D eigenvalue weighted by Gasteiger charge is 2.17. The molecule has 2 aromatic rings. The van der Waals surface area contributed by atoms with Gasteiger partial charge in [-0.25, -0.2) is 0 Å². The van der Waals surface area contributed by atoms with E-state index in [2.05, 4.69) is 10.2 Å². The molecule has 0 fully saturated rings. The van der Waals surface area contributed by atoms with Crippen molar-refractivity contribution in [2.24, 2.45) is 10.2 Å². The molecule has 0 aliphatic rings. The number of benzene rings is 2. The minimum Gasteiger partial charge on any atom is -0.423 e. The summed E-state index contributed by atoms with van der Waals surface area (Å²) in [5.41, 5.74) is 2.35. The van der Waals surface area contributed by atoms with Crippen molar-refractivity contribution < 1.29 is 10.0 Å². The average molecular weight is 269 g/mol. The number of azo groups is 1. The van der Waals surface area contributed by atoms with Gasteiger partial charge in [0.05, 0.1) is 11.4 Å². The van der Waals surface area contributed by atoms with Crippen LogP contribution < -0.4 is 10.4 Å². The Hall–Kier alpha value is -2.18. The van der Waals surface area contributed by atoms with Gasteiger partial charge < -0.3 is 14.9 Å². The van der Waals surface area contributed by atoms with Gasteiger partial charge in [-0.2, -0.15) is 10.2 Å². The third-order valence-electron chi connectivity index (χ3n) is 2.84. The van der Waals surface area contributed by atoms with Crippen molar-refractivity contribution in [3.63, 3.8) is 0 Å². The van der Waals surface area contributed by atoms with Crippen molar-refractivity contribution >= 4 is 29.6 Å². The largest absolute Gasteiger partial charge is 0.490 e. The minimum atomic E-state index is -1.58. The first-order valence-corrected chi connectivity index (χ1v) is 6.22. The van der Waals surface area contributed by atoms with Crippen LogP contribution in [0, 0.1) is 0 Å². The molecule has 0 spiro atoms. The quantitative estimate of drug-likeness (QED) is 0.657. The number of anilines is 1. The molecular weight excluding hydrogens is 253 g/mol. The van der Waals surface area contributed by atoms with E-state index in [0.29, 0.717) is 16.8 Å². The highest BCUT2D eigenvalue weighted by Crippen LogP contribution is 2.19. The zero-order valence-corrected chi connectivity index (χ0v) is 11.4. The van der Waals surface area contributed by atoms with Crippen LogP contribution in [0.4, 0.5) is 17.1 Å². The Bertz CT molecular complexity index is 601. The van der Waals surface area contributed by atoms with Gasteiger partial charge in [0.2, 0.25) is 0 Å². The number of nitrogens with zero attached hydrogens (tertiary/aromatic N) is 3. The number of hydrogen-bond acceptors (Lipinski definition) is 5. The lowest BCUT2D eigenvalue weighted by molar-refractivity contribution is 0.426. The topological polar surface area (TPSA) is 68.4 Å². The molecule has 2 N–H and O–H groups in total. The summed E-state index contributed by atoms with van der Waals surface area (Å²) in [6.45, 7) is 0. The summed E-state index contributed by atoms with van der Waals surface area (Å²) < 4.78 is 0. The fourth-order valence-corrected chi connectivity index (χ4v) is 1.72. The van der Waals surface area contributed by atoms with Gasteiger partial charge in [0.15, 0.2) is 0 Å². The Morgan fingerprint density at radius 2 is 1.65 bits per heavy atom. The van der Waals surface area contributed by atoms with Crippen LogP contribution in [0.3, 0.4) is 0 Å². The monoisotopic (exact) mass is 269 g/mol. The van der Waals surface area contributed by atoms with Crippen LogP contribution in [0.25, 0.3) is 0 Å². The Kier molecular flexibility index (Phi) is 4.50. The van der Waals surface area contributed by atoms with E-state index in [0.717, 1.165) is 5.69 Å². The van der Waals surface area contributed by atoms with E-state index in [1.807, 2.05) is 55.4 Å². The maximum Gasteiger partial charge on any atom is 0.490 e. The highest BCUT2D eigenvalue weighted by molar-refractivity contribution is 6.60. The van der Waals surface area contributed by atoms with Gasteiger partial charge in [0.25, 0.3) is 0 Å². The first-order valence-electron chi connectivity index (χ1n) is 6.22. The molecule has 0 unspecified atom stereocenters. The van der Waals surface area contributed by atoms with Crippen molar-refractivity contribution in [1.29, 1.82) is 0 Å². The molecule has 0 saturated carbocycles. The van der Waals surface area contributed by atoms with E-state index in [1.54, 1.807) is 12.1 Å². The van der Waals surface area contributed by atoms with Crippen LogP contribution in [-0.2, 0) is 0 Å². The van der Waals surface area contributed by atoms with Crippen LogP contribution >= 0.6 is 0 Å². The van der Waals surface area contributed by atoms with Crippen LogP contribution in [0.15, 0.2) is 58.8 Å². The lowest BCUT2D eigenvalue weighted by Gasteiger charge is -2.14. The molecule has 2 rings (SSSR count). The summed E-state index contributed by atoms with van der Waals surface area (Å²) in [7, 11) is 2.18. The SMILES string of the molecule is CN(C)c1ccc(N=Nc2ccccc2)c(B(O)O)c1. The molecule has 0 aliphatic heterocycles. The molecule has 0 aliphatic carbocycles. The maximum absolute atomic E-state index is 9.44. The van der Waals surface area contributed by atoms with Crippen molar-refractivity contribution in [3.05, 3.63) is 48.5 Å². The van der Waals surface area contributed by atoms with Gasteiger partial charge in [0.1, 0.15) is 0 Å². The molecule has 6 heteroatoms. The third-order valence-corrected chi connectivity index (χ3v) is 2.84. The molecule has 0 bridgehead atoms. The normalized spacial score (nSPS) is 10.8. The van der Waals surface area contributed by atoms with E-state index in [-0.39, 0.29) is 0 Å². The van der Waals surface area contributed by atoms with E-state index in [9.17, 15) is 10.0 Å². The summed E-state index contributed by atoms with van der Waals surface area (Å²) in [6.07, 6.45) is 0. The highest BCUT2D eigenvalue weighted by atomic mass is 16.4. The number of rotatable bonds is 4. The molecule has 0 radical (unpaired) electrons. The van der Waals surface area contributed by atoms with Crippen LogP contribution in [-0.4, -0.2) is 31.3 Å². The van der Waals surface area contributed by atoms with Crippen molar-refractivity contribution in [2.45, 2.75) is 0 Å². The van der Waals surface area contributed by atoms with Gasteiger partial charge in [-0.3, -0.25) is 0 Å². The van der Waals surface area contributed by atoms with E-state index >= 15 is 0 Å². The second-order valence-electron chi connectivity index (χ2n) is 4.55. The smallest absolute Gasteiger partial charge is 0.423 e. The van der Waals surface area contributed by atoms with Gasteiger partial charge in [-0.15, -0.1) is 0 Å². The zero-order valence-electron chi connectivity index (χ0n) is 11.4. The molecule has 0 atom stereocenters. The maximum atomic E-state index is 9.44. The van der Waals surface area contributed by atoms with E-state index in [1.165, 1.54) is 0 Å². The summed E-state index contributed by atoms with van der Waals surface area (Å²) in [4.78, 5) is 1.88. The predicted octanol–water partition coefficient (Wildman–Crippen LogP) is 1.85. The minimum absolute atomic E-state index is 0.330. The summed E-state index contributed by atoms with van der Waals surface area (Å²) in [5.74, 6) is 0. The lowest BCUT2D eigenvalue weighted by Crippen LogP contribution is -2.30. The summed E-state index contributed by atoms with van der Waals surface area (Å²) >= 11 is 0. The van der Waals surface area contributed by atoms with Crippen LogP contribution in [0.5, 0.6) is 0 Å². The van der Waals surface area contributed by atoms with E-state index < -0.39 is 7.12 Å². The average Bonchev–Trinajstić information content (AvgIpc) is 2.45. The molecular formula is C14H16BN3O2. The first kappa shape index (κ1) is 14.2. The molecule has 5 nitrogen and oxygen atoms in total. The third kappa shape index (κ3) is 3.43. The van der Waals surface area contributed by atoms with Crippen molar-refractivity contribution in [3.8, 4) is 0 Å². The molecule has 0 saturated heterocycles. The van der Waals surface area contributed by atoms with Gasteiger partial charge in [-0.05, 0) is 30.3 Å². The fourth-order valence-electron chi connectivity index (χ4n) is 1.72. The Morgan fingerprint density at radius 1 is 0.950 bits per heavy atom. The second-order valence-corrected chi connectivity index (χ2v) is 4.55. The lowest BCUT2D eigenvalue weighted by atomic mass is 9.79. The Labute approximate surface area is 118 Å². The fraction of sp³-hybridized carbons (Fsp3) is 0.143. The predicted molar refractivity (Wildman–Crippen MR) is 81.2 cm³/mol. The zero-order chi connectivity index (χ0) is 14.5. The summed E-state index contributed by atoms with van der Waals surface area (Å²) in [5, 5.41) is 27.1. The van der Waals surface area contributed by atoms with Gasteiger partial charge in [-0.1, -0.05) is 18.2 Å². The van der Waals surface area contributed by atoms with Gasteiger partial charge in [0, 0.05) is 25.2 Å².